The fourth-order valence-corrected chi connectivity index (χ4v) is 2.29. The van der Waals surface area contributed by atoms with Crippen LogP contribution in [-0.4, -0.2) is 58.0 Å². The molecule has 2 amide bonds. The minimum atomic E-state index is -0.167. The second kappa shape index (κ2) is 6.65. The summed E-state index contributed by atoms with van der Waals surface area (Å²) in [6.07, 6.45) is 1.27. The molecule has 1 aliphatic rings. The Hall–Kier alpha value is -1.69. The molecule has 1 aromatic rings. The van der Waals surface area contributed by atoms with Gasteiger partial charge in [0.1, 0.15) is 0 Å². The first kappa shape index (κ1) is 14.7. The molecule has 1 fully saturated rings. The summed E-state index contributed by atoms with van der Waals surface area (Å²) < 4.78 is 0. The van der Waals surface area contributed by atoms with Gasteiger partial charge in [0, 0.05) is 32.6 Å². The van der Waals surface area contributed by atoms with Gasteiger partial charge >= 0.3 is 0 Å². The molecule has 0 unspecified atom stereocenters. The number of carbonyl (C=O) groups is 2. The summed E-state index contributed by atoms with van der Waals surface area (Å²) in [5.41, 5.74) is 0.282. The number of hydrogen-bond donors (Lipinski definition) is 0. The fourth-order valence-electron chi connectivity index (χ4n) is 2.19. The van der Waals surface area contributed by atoms with Crippen molar-refractivity contribution in [3.8, 4) is 0 Å². The molecule has 0 saturated carbocycles. The van der Waals surface area contributed by atoms with E-state index in [1.807, 2.05) is 6.92 Å². The monoisotopic (exact) mass is 296 g/mol. The van der Waals surface area contributed by atoms with E-state index in [4.69, 9.17) is 11.6 Å². The van der Waals surface area contributed by atoms with Crippen molar-refractivity contribution < 1.29 is 9.59 Å². The molecule has 108 valence electrons. The highest BCUT2D eigenvalue weighted by Crippen LogP contribution is 2.09. The summed E-state index contributed by atoms with van der Waals surface area (Å²) in [4.78, 5) is 27.5. The Morgan fingerprint density at radius 3 is 2.50 bits per heavy atom. The van der Waals surface area contributed by atoms with Crippen molar-refractivity contribution in [2.75, 3.05) is 26.2 Å². The van der Waals surface area contributed by atoms with Crippen molar-refractivity contribution in [1.82, 2.24) is 20.0 Å². The van der Waals surface area contributed by atoms with E-state index in [0.717, 1.165) is 6.42 Å². The van der Waals surface area contributed by atoms with E-state index >= 15 is 0 Å². The lowest BCUT2D eigenvalue weighted by molar-refractivity contribution is -0.130. The number of halogens is 1. The van der Waals surface area contributed by atoms with Gasteiger partial charge in [0.05, 0.1) is 0 Å². The maximum absolute atomic E-state index is 12.3. The highest BCUT2D eigenvalue weighted by atomic mass is 35.5. The van der Waals surface area contributed by atoms with Gasteiger partial charge in [-0.05, 0) is 18.6 Å². The lowest BCUT2D eigenvalue weighted by Crippen LogP contribution is -2.37. The van der Waals surface area contributed by atoms with Crippen LogP contribution in [0.5, 0.6) is 0 Å². The normalized spacial score (nSPS) is 15.9. The van der Waals surface area contributed by atoms with E-state index in [2.05, 4.69) is 10.2 Å². The molecule has 7 heteroatoms. The minimum Gasteiger partial charge on any atom is -0.341 e. The van der Waals surface area contributed by atoms with Crippen molar-refractivity contribution in [1.29, 1.82) is 0 Å². The minimum absolute atomic E-state index is 0.130. The van der Waals surface area contributed by atoms with Gasteiger partial charge in [-0.15, -0.1) is 10.2 Å². The third-order valence-corrected chi connectivity index (χ3v) is 3.49. The van der Waals surface area contributed by atoms with Gasteiger partial charge in [0.15, 0.2) is 10.8 Å². The first-order valence-electron chi connectivity index (χ1n) is 6.68. The average molecular weight is 297 g/mol. The third-order valence-electron chi connectivity index (χ3n) is 3.29. The number of rotatable bonds is 2. The largest absolute Gasteiger partial charge is 0.341 e. The zero-order chi connectivity index (χ0) is 14.5. The Morgan fingerprint density at radius 1 is 1.15 bits per heavy atom. The molecular weight excluding hydrogens is 280 g/mol. The van der Waals surface area contributed by atoms with E-state index in [0.29, 0.717) is 32.6 Å². The lowest BCUT2D eigenvalue weighted by Gasteiger charge is -2.21. The topological polar surface area (TPSA) is 66.4 Å². The molecule has 0 spiro atoms. The fraction of sp³-hybridized carbons (Fsp3) is 0.538. The summed E-state index contributed by atoms with van der Waals surface area (Å²) in [6.45, 7) is 4.26. The molecule has 20 heavy (non-hydrogen) atoms. The second-order valence-electron chi connectivity index (χ2n) is 4.62. The molecule has 0 aromatic carbocycles. The molecule has 2 rings (SSSR count). The molecular formula is C13H17ClN4O2. The standard InChI is InChI=1S/C13H17ClN4O2/c1-2-12(19)17-6-3-7-18(9-8-17)13(20)10-4-5-11(14)16-15-10/h4-5H,2-3,6-9H2,1H3. The van der Waals surface area contributed by atoms with E-state index in [9.17, 15) is 9.59 Å². The third kappa shape index (κ3) is 3.45. The molecule has 1 aromatic heterocycles. The zero-order valence-corrected chi connectivity index (χ0v) is 12.1. The van der Waals surface area contributed by atoms with Crippen LogP contribution in [0.4, 0.5) is 0 Å². The Kier molecular flexibility index (Phi) is 4.89. The predicted molar refractivity (Wildman–Crippen MR) is 74.4 cm³/mol. The predicted octanol–water partition coefficient (Wildman–Crippen LogP) is 1.21. The van der Waals surface area contributed by atoms with Gasteiger partial charge in [-0.2, -0.15) is 0 Å². The van der Waals surface area contributed by atoms with Crippen molar-refractivity contribution in [2.24, 2.45) is 0 Å². The van der Waals surface area contributed by atoms with Crippen molar-refractivity contribution in [3.63, 3.8) is 0 Å². The Labute approximate surface area is 122 Å². The lowest BCUT2D eigenvalue weighted by atomic mass is 10.3. The quantitative estimate of drug-likeness (QED) is 0.823. The maximum atomic E-state index is 12.3. The number of aromatic nitrogens is 2. The summed E-state index contributed by atoms with van der Waals surface area (Å²) in [6, 6.07) is 3.12. The highest BCUT2D eigenvalue weighted by molar-refractivity contribution is 6.29. The van der Waals surface area contributed by atoms with Crippen LogP contribution < -0.4 is 0 Å². The Balaban J connectivity index is 2.01. The van der Waals surface area contributed by atoms with Crippen LogP contribution in [0, 0.1) is 0 Å². The molecule has 2 heterocycles. The van der Waals surface area contributed by atoms with Gasteiger partial charge < -0.3 is 9.80 Å². The number of carbonyl (C=O) groups excluding carboxylic acids is 2. The van der Waals surface area contributed by atoms with E-state index in [1.165, 1.54) is 0 Å². The van der Waals surface area contributed by atoms with Gasteiger partial charge in [0.25, 0.3) is 5.91 Å². The van der Waals surface area contributed by atoms with Crippen LogP contribution >= 0.6 is 11.6 Å². The molecule has 0 atom stereocenters. The molecule has 0 bridgehead atoms. The first-order valence-corrected chi connectivity index (χ1v) is 7.06. The zero-order valence-electron chi connectivity index (χ0n) is 11.4. The van der Waals surface area contributed by atoms with Crippen LogP contribution in [0.15, 0.2) is 12.1 Å². The first-order chi connectivity index (χ1) is 9.61. The molecule has 0 aliphatic carbocycles. The van der Waals surface area contributed by atoms with E-state index in [1.54, 1.807) is 21.9 Å². The number of hydrogen-bond acceptors (Lipinski definition) is 4. The Bertz CT molecular complexity index is 492. The molecule has 6 nitrogen and oxygen atoms in total. The van der Waals surface area contributed by atoms with Gasteiger partial charge in [0.2, 0.25) is 5.91 Å². The summed E-state index contributed by atoms with van der Waals surface area (Å²) in [5, 5.41) is 7.74. The second-order valence-corrected chi connectivity index (χ2v) is 5.01. The van der Waals surface area contributed by atoms with Crippen molar-refractivity contribution >= 4 is 23.4 Å². The Morgan fingerprint density at radius 2 is 1.85 bits per heavy atom. The van der Waals surface area contributed by atoms with Crippen LogP contribution in [0.1, 0.15) is 30.3 Å². The van der Waals surface area contributed by atoms with Crippen LogP contribution in [-0.2, 0) is 4.79 Å². The molecule has 1 saturated heterocycles. The number of nitrogens with zero attached hydrogens (tertiary/aromatic N) is 4. The van der Waals surface area contributed by atoms with Crippen molar-refractivity contribution in [2.45, 2.75) is 19.8 Å². The smallest absolute Gasteiger partial charge is 0.274 e. The van der Waals surface area contributed by atoms with Gasteiger partial charge in [-0.3, -0.25) is 9.59 Å². The van der Waals surface area contributed by atoms with Crippen molar-refractivity contribution in [3.05, 3.63) is 23.0 Å². The SMILES string of the molecule is CCC(=O)N1CCCN(C(=O)c2ccc(Cl)nn2)CC1. The number of amides is 2. The maximum Gasteiger partial charge on any atom is 0.274 e. The summed E-state index contributed by atoms with van der Waals surface area (Å²) in [7, 11) is 0. The van der Waals surface area contributed by atoms with E-state index < -0.39 is 0 Å². The molecule has 0 radical (unpaired) electrons. The van der Waals surface area contributed by atoms with Gasteiger partial charge in [-0.1, -0.05) is 18.5 Å². The van der Waals surface area contributed by atoms with E-state index in [-0.39, 0.29) is 22.7 Å². The van der Waals surface area contributed by atoms with Crippen LogP contribution in [0.3, 0.4) is 0 Å². The summed E-state index contributed by atoms with van der Waals surface area (Å²) >= 11 is 5.66. The highest BCUT2D eigenvalue weighted by Gasteiger charge is 2.22. The van der Waals surface area contributed by atoms with Crippen LogP contribution in [0.2, 0.25) is 5.15 Å². The molecule has 1 aliphatic heterocycles. The summed E-state index contributed by atoms with van der Waals surface area (Å²) in [5.74, 6) is -0.0365. The molecule has 0 N–H and O–H groups in total. The van der Waals surface area contributed by atoms with Gasteiger partial charge in [-0.25, -0.2) is 0 Å². The van der Waals surface area contributed by atoms with Crippen LogP contribution in [0.25, 0.3) is 0 Å². The average Bonchev–Trinajstić information content (AvgIpc) is 2.72.